The minimum absolute atomic E-state index is 0.0342. The van der Waals surface area contributed by atoms with Gasteiger partial charge in [0.2, 0.25) is 32.9 Å². The van der Waals surface area contributed by atoms with Crippen molar-refractivity contribution in [3.05, 3.63) is 126 Å². The van der Waals surface area contributed by atoms with Gasteiger partial charge >= 0.3 is 20.2 Å². The molecule has 14 heteroatoms. The Morgan fingerprint density at radius 2 is 0.976 bits per heavy atom. The van der Waals surface area contributed by atoms with E-state index in [9.17, 15) is 26.4 Å². The lowest BCUT2D eigenvalue weighted by atomic mass is 10.0. The van der Waals surface area contributed by atoms with Crippen molar-refractivity contribution in [2.75, 3.05) is 0 Å². The highest BCUT2D eigenvalue weighted by atomic mass is 32.2. The van der Waals surface area contributed by atoms with Crippen LogP contribution in [0.2, 0.25) is 0 Å². The summed E-state index contributed by atoms with van der Waals surface area (Å²) in [4.78, 5) is 33.3. The molecule has 5 rings (SSSR count). The largest absolute Gasteiger partial charge is 0.349 e. The summed E-state index contributed by atoms with van der Waals surface area (Å²) in [6, 6.07) is 18.4. The average molecular weight is 611 g/mol. The molecule has 42 heavy (non-hydrogen) atoms. The zero-order chi connectivity index (χ0) is 30.4. The quantitative estimate of drug-likeness (QED) is 0.140. The number of fused-ring (bicyclic) bond motifs is 1. The molecular formula is C28H26N4O8S2+4. The smallest absolute Gasteiger partial charge is 0.288 e. The monoisotopic (exact) mass is 610 g/mol. The van der Waals surface area contributed by atoms with Crippen molar-refractivity contribution < 1.29 is 47.2 Å². The summed E-state index contributed by atoms with van der Waals surface area (Å²) < 4.78 is 59.5. The SMILES string of the molecule is Cc1ccc([NH+]=c2ccc(=[NH+]c3ccc(C)cc3S(=O)(=O)O[NH3+])c3c(=O)c4ccccc4c(=O)c2=3)c(S(=O)(=O)O[NH3+])c1. The van der Waals surface area contributed by atoms with E-state index in [1.807, 2.05) is 0 Å². The zero-order valence-electron chi connectivity index (χ0n) is 22.4. The lowest BCUT2D eigenvalue weighted by Gasteiger charge is -2.02. The van der Waals surface area contributed by atoms with Gasteiger partial charge < -0.3 is 0 Å². The Labute approximate surface area is 238 Å². The average Bonchev–Trinajstić information content (AvgIpc) is 2.98. The Balaban J connectivity index is 2.01. The van der Waals surface area contributed by atoms with E-state index in [0.717, 1.165) is 0 Å². The van der Waals surface area contributed by atoms with Gasteiger partial charge in [-0.15, -0.1) is 0 Å². The zero-order valence-corrected chi connectivity index (χ0v) is 24.1. The fourth-order valence-corrected chi connectivity index (χ4v) is 6.42. The van der Waals surface area contributed by atoms with Crippen LogP contribution in [0.3, 0.4) is 0 Å². The van der Waals surface area contributed by atoms with Crippen LogP contribution in [-0.4, -0.2) is 16.8 Å². The van der Waals surface area contributed by atoms with E-state index in [0.29, 0.717) is 11.1 Å². The first-order valence-electron chi connectivity index (χ1n) is 12.4. The van der Waals surface area contributed by atoms with Gasteiger partial charge in [-0.1, -0.05) is 45.0 Å². The summed E-state index contributed by atoms with van der Waals surface area (Å²) in [7, 11) is -8.50. The van der Waals surface area contributed by atoms with Crippen LogP contribution >= 0.6 is 0 Å². The summed E-state index contributed by atoms with van der Waals surface area (Å²) in [5.41, 5.74) is 0.459. The topological polar surface area (TPSA) is 204 Å². The molecular weight excluding hydrogens is 584 g/mol. The number of hydrogen-bond donors (Lipinski definition) is 4. The van der Waals surface area contributed by atoms with Crippen molar-refractivity contribution in [2.24, 2.45) is 0 Å². The van der Waals surface area contributed by atoms with E-state index in [-0.39, 0.29) is 53.1 Å². The predicted molar refractivity (Wildman–Crippen MR) is 146 cm³/mol. The van der Waals surface area contributed by atoms with Crippen LogP contribution < -0.4 is 43.4 Å². The first-order chi connectivity index (χ1) is 19.9. The summed E-state index contributed by atoms with van der Waals surface area (Å²) >= 11 is 0. The first kappa shape index (κ1) is 29.1. The summed E-state index contributed by atoms with van der Waals surface area (Å²) in [6.45, 7) is 3.40. The minimum Gasteiger partial charge on any atom is -0.288 e. The first-order valence-corrected chi connectivity index (χ1v) is 15.2. The molecule has 0 atom stereocenters. The van der Waals surface area contributed by atoms with Crippen LogP contribution in [0.15, 0.2) is 92.2 Å². The minimum atomic E-state index is -4.25. The van der Waals surface area contributed by atoms with E-state index in [4.69, 9.17) is 0 Å². The van der Waals surface area contributed by atoms with Gasteiger partial charge in [-0.2, -0.15) is 28.6 Å². The summed E-state index contributed by atoms with van der Waals surface area (Å²) in [5.74, 6) is 6.08. The van der Waals surface area contributed by atoms with Gasteiger partial charge in [0, 0.05) is 35.0 Å². The highest BCUT2D eigenvalue weighted by Crippen LogP contribution is 2.20. The molecule has 2 aliphatic rings. The van der Waals surface area contributed by atoms with Gasteiger partial charge in [0.05, 0.1) is 0 Å². The molecule has 0 spiro atoms. The van der Waals surface area contributed by atoms with Crippen LogP contribution in [0.4, 0.5) is 11.4 Å². The van der Waals surface area contributed by atoms with E-state index in [2.05, 4.69) is 30.3 Å². The van der Waals surface area contributed by atoms with E-state index >= 15 is 0 Å². The number of aryl methyl sites for hydroxylation is 2. The van der Waals surface area contributed by atoms with Gasteiger partial charge in [0.25, 0.3) is 0 Å². The second-order valence-electron chi connectivity index (χ2n) is 9.51. The fraction of sp³-hybridized carbons (Fsp3) is 0.0714. The molecule has 3 aromatic carbocycles. The van der Waals surface area contributed by atoms with Crippen molar-refractivity contribution in [3.63, 3.8) is 0 Å². The van der Waals surface area contributed by atoms with Gasteiger partial charge in [-0.25, -0.2) is 9.98 Å². The van der Waals surface area contributed by atoms with Crippen molar-refractivity contribution >= 4 is 42.4 Å². The number of hydrogen-bond acceptors (Lipinski definition) is 8. The third-order valence-corrected chi connectivity index (χ3v) is 9.11. The van der Waals surface area contributed by atoms with E-state index in [1.54, 1.807) is 38.1 Å². The molecule has 3 aromatic rings. The molecule has 0 aromatic heterocycles. The molecule has 0 fully saturated rings. The molecule has 12 nitrogen and oxygen atoms in total. The summed E-state index contributed by atoms with van der Waals surface area (Å²) in [5, 5.41) is 0.548. The maximum absolute atomic E-state index is 13.9. The molecule has 8 N–H and O–H groups in total. The Hall–Kier alpha value is -4.44. The maximum atomic E-state index is 13.9. The van der Waals surface area contributed by atoms with Crippen LogP contribution in [0, 0.1) is 24.3 Å². The van der Waals surface area contributed by atoms with Crippen LogP contribution in [-0.2, 0) is 28.8 Å². The Kier molecular flexibility index (Phi) is 7.44. The van der Waals surface area contributed by atoms with E-state index < -0.39 is 31.1 Å². The molecule has 0 radical (unpaired) electrons. The lowest BCUT2D eigenvalue weighted by molar-refractivity contribution is -0.635. The van der Waals surface area contributed by atoms with Crippen LogP contribution in [0.25, 0.3) is 10.8 Å². The molecule has 0 saturated heterocycles. The molecule has 0 amide bonds. The number of quaternary nitrogens is 2. The highest BCUT2D eigenvalue weighted by Gasteiger charge is 2.26. The standard InChI is InChI=1S/C28H24N4O8S2/c1-15-7-9-19(23(13-15)41(35,36)39-29)31-21-11-12-22(32-20-10-8-16(2)14-24(20)42(37,38)40-30)26-25(21)27(33)17-5-3-4-6-18(17)28(26)34/h3-14H,1-2,29-30H3/q+2/p+2. The Morgan fingerprint density at radius 3 is 1.33 bits per heavy atom. The third-order valence-electron chi connectivity index (χ3n) is 6.74. The predicted octanol–water partition coefficient (Wildman–Crippen LogP) is -3.87. The maximum Gasteiger partial charge on any atom is 0.349 e. The normalized spacial score (nSPS) is 13.3. The third kappa shape index (κ3) is 5.07. The molecule has 0 saturated carbocycles. The number of nitrogens with one attached hydrogen (secondary N) is 2. The van der Waals surface area contributed by atoms with Crippen LogP contribution in [0.1, 0.15) is 11.1 Å². The van der Waals surface area contributed by atoms with Gasteiger partial charge in [-0.3, -0.25) is 9.59 Å². The van der Waals surface area contributed by atoms with Crippen molar-refractivity contribution in [2.45, 2.75) is 23.6 Å². The van der Waals surface area contributed by atoms with Crippen LogP contribution in [0.5, 0.6) is 0 Å². The highest BCUT2D eigenvalue weighted by molar-refractivity contribution is 7.87. The molecule has 2 aliphatic carbocycles. The Bertz CT molecular complexity index is 2260. The molecule has 0 heterocycles. The molecule has 0 bridgehead atoms. The van der Waals surface area contributed by atoms with Crippen molar-refractivity contribution in [3.8, 4) is 0 Å². The van der Waals surface area contributed by atoms with Gasteiger partial charge in [-0.05, 0) is 37.1 Å². The number of rotatable bonds is 6. The molecule has 0 aliphatic heterocycles. The van der Waals surface area contributed by atoms with Crippen molar-refractivity contribution in [1.29, 1.82) is 0 Å². The fourth-order valence-electron chi connectivity index (χ4n) is 4.73. The Morgan fingerprint density at radius 1 is 0.595 bits per heavy atom. The lowest BCUT2D eigenvalue weighted by Crippen LogP contribution is -2.75. The second-order valence-corrected chi connectivity index (χ2v) is 12.7. The van der Waals surface area contributed by atoms with Gasteiger partial charge in [0.15, 0.2) is 9.79 Å². The molecule has 0 unspecified atom stereocenters. The second kappa shape index (κ2) is 10.8. The summed E-state index contributed by atoms with van der Waals surface area (Å²) in [6.07, 6.45) is 0. The van der Waals surface area contributed by atoms with E-state index in [1.165, 1.54) is 48.5 Å². The molecule has 214 valence electrons. The number of benzene rings is 3. The van der Waals surface area contributed by atoms with Crippen molar-refractivity contribution in [1.82, 2.24) is 0 Å². The van der Waals surface area contributed by atoms with Gasteiger partial charge in [0.1, 0.15) is 10.4 Å².